The predicted molar refractivity (Wildman–Crippen MR) is 114 cm³/mol. The largest absolute Gasteiger partial charge is 0.410 e. The van der Waals surface area contributed by atoms with Gasteiger partial charge in [-0.3, -0.25) is 4.79 Å². The van der Waals surface area contributed by atoms with Crippen molar-refractivity contribution in [3.8, 4) is 0 Å². The molecule has 0 radical (unpaired) electrons. The summed E-state index contributed by atoms with van der Waals surface area (Å²) in [5.74, 6) is -0.423. The van der Waals surface area contributed by atoms with Crippen molar-refractivity contribution in [2.45, 2.75) is 69.9 Å². The van der Waals surface area contributed by atoms with E-state index in [2.05, 4.69) is 10.4 Å². The molecule has 4 rings (SSSR count). The monoisotopic (exact) mass is 474 g/mol. The van der Waals surface area contributed by atoms with E-state index in [9.17, 15) is 18.0 Å². The number of nitrogens with zero attached hydrogens (tertiary/aromatic N) is 3. The van der Waals surface area contributed by atoms with Crippen LogP contribution < -0.4 is 5.32 Å². The Hall–Kier alpha value is -1.93. The van der Waals surface area contributed by atoms with Crippen LogP contribution in [-0.2, 0) is 0 Å². The van der Waals surface area contributed by atoms with Gasteiger partial charge in [-0.2, -0.15) is 18.3 Å². The second-order valence-corrected chi connectivity index (χ2v) is 9.15. The molecule has 168 valence electrons. The molecule has 5 nitrogen and oxygen atoms in total. The lowest BCUT2D eigenvalue weighted by Gasteiger charge is -2.38. The van der Waals surface area contributed by atoms with Gasteiger partial charge in [0.05, 0.1) is 6.04 Å². The number of likely N-dealkylation sites (tertiary alicyclic amines) is 1. The molecule has 1 amide bonds. The van der Waals surface area contributed by atoms with Crippen molar-refractivity contribution in [3.05, 3.63) is 45.6 Å². The van der Waals surface area contributed by atoms with E-state index in [0.29, 0.717) is 10.6 Å². The normalized spacial score (nSPS) is 26.4. The average molecular weight is 475 g/mol. The SMILES string of the molecule is C[C@@H]1CCC[C@@H](C)N1C(=O)c1nn2c(c1Cl)N[C@@H](c1ccc(Cl)cc1)C[C@H]2C(F)(F)F. The number of nitrogens with one attached hydrogen (secondary N) is 1. The molecule has 0 saturated carbocycles. The number of fused-ring (bicyclic) bond motifs is 1. The minimum Gasteiger partial charge on any atom is -0.362 e. The van der Waals surface area contributed by atoms with Crippen LogP contribution in [0.4, 0.5) is 19.0 Å². The number of rotatable bonds is 2. The fourth-order valence-corrected chi connectivity index (χ4v) is 4.97. The Kier molecular flexibility index (Phi) is 5.89. The van der Waals surface area contributed by atoms with E-state index < -0.39 is 24.2 Å². The summed E-state index contributed by atoms with van der Waals surface area (Å²) in [6.07, 6.45) is -2.16. The number of carbonyl (C=O) groups excluding carboxylic acids is 1. The van der Waals surface area contributed by atoms with Gasteiger partial charge in [0.1, 0.15) is 10.8 Å². The molecule has 0 bridgehead atoms. The maximum absolute atomic E-state index is 13.9. The Morgan fingerprint density at radius 2 is 1.74 bits per heavy atom. The highest BCUT2D eigenvalue weighted by Crippen LogP contribution is 2.46. The van der Waals surface area contributed by atoms with Gasteiger partial charge in [0.15, 0.2) is 11.7 Å². The van der Waals surface area contributed by atoms with Crippen molar-refractivity contribution in [1.82, 2.24) is 14.7 Å². The van der Waals surface area contributed by atoms with Crippen LogP contribution in [0.5, 0.6) is 0 Å². The van der Waals surface area contributed by atoms with Crippen LogP contribution in [0.2, 0.25) is 10.0 Å². The summed E-state index contributed by atoms with van der Waals surface area (Å²) in [4.78, 5) is 14.9. The molecule has 31 heavy (non-hydrogen) atoms. The maximum Gasteiger partial charge on any atom is 0.410 e. The first-order valence-electron chi connectivity index (χ1n) is 10.3. The van der Waals surface area contributed by atoms with Gasteiger partial charge in [-0.15, -0.1) is 0 Å². The topological polar surface area (TPSA) is 50.2 Å². The number of carbonyl (C=O) groups is 1. The molecule has 10 heteroatoms. The summed E-state index contributed by atoms with van der Waals surface area (Å²) < 4.78 is 42.7. The summed E-state index contributed by atoms with van der Waals surface area (Å²) in [6.45, 7) is 3.87. The fraction of sp³-hybridized carbons (Fsp3) is 0.524. The molecule has 3 heterocycles. The number of hydrogen-bond acceptors (Lipinski definition) is 3. The Balaban J connectivity index is 1.74. The van der Waals surface area contributed by atoms with E-state index in [-0.39, 0.29) is 35.0 Å². The van der Waals surface area contributed by atoms with Gasteiger partial charge in [-0.1, -0.05) is 35.3 Å². The lowest BCUT2D eigenvalue weighted by molar-refractivity contribution is -0.173. The smallest absolute Gasteiger partial charge is 0.362 e. The second-order valence-electron chi connectivity index (χ2n) is 8.34. The van der Waals surface area contributed by atoms with Gasteiger partial charge < -0.3 is 10.2 Å². The van der Waals surface area contributed by atoms with Crippen LogP contribution in [0.15, 0.2) is 24.3 Å². The fourth-order valence-electron chi connectivity index (χ4n) is 4.58. The lowest BCUT2D eigenvalue weighted by Crippen LogP contribution is -2.47. The minimum absolute atomic E-state index is 0.0101. The molecule has 4 atom stereocenters. The van der Waals surface area contributed by atoms with Gasteiger partial charge in [0.25, 0.3) is 5.91 Å². The summed E-state index contributed by atoms with van der Waals surface area (Å²) in [5, 5.41) is 7.55. The molecular weight excluding hydrogens is 452 g/mol. The van der Waals surface area contributed by atoms with Crippen molar-refractivity contribution in [1.29, 1.82) is 0 Å². The van der Waals surface area contributed by atoms with Gasteiger partial charge in [-0.05, 0) is 50.8 Å². The number of aromatic nitrogens is 2. The molecule has 2 aliphatic rings. The molecule has 1 N–H and O–H groups in total. The summed E-state index contributed by atoms with van der Waals surface area (Å²) >= 11 is 12.4. The predicted octanol–water partition coefficient (Wildman–Crippen LogP) is 6.25. The minimum atomic E-state index is -4.55. The Bertz CT molecular complexity index is 966. The van der Waals surface area contributed by atoms with E-state index in [1.54, 1.807) is 29.2 Å². The van der Waals surface area contributed by atoms with Crippen LogP contribution in [0.25, 0.3) is 0 Å². The zero-order valence-corrected chi connectivity index (χ0v) is 18.6. The van der Waals surface area contributed by atoms with Crippen LogP contribution in [-0.4, -0.2) is 38.8 Å². The van der Waals surface area contributed by atoms with Crippen molar-refractivity contribution < 1.29 is 18.0 Å². The van der Waals surface area contributed by atoms with Gasteiger partial charge in [-0.25, -0.2) is 4.68 Å². The number of anilines is 1. The summed E-state index contributed by atoms with van der Waals surface area (Å²) in [5.41, 5.74) is 0.504. The molecule has 1 fully saturated rings. The molecule has 2 aromatic rings. The van der Waals surface area contributed by atoms with Crippen molar-refractivity contribution in [2.75, 3.05) is 5.32 Å². The lowest BCUT2D eigenvalue weighted by atomic mass is 9.96. The Morgan fingerprint density at radius 3 is 2.32 bits per heavy atom. The molecule has 0 unspecified atom stereocenters. The quantitative estimate of drug-likeness (QED) is 0.559. The maximum atomic E-state index is 13.9. The second kappa shape index (κ2) is 8.20. The van der Waals surface area contributed by atoms with Gasteiger partial charge >= 0.3 is 6.18 Å². The highest BCUT2D eigenvalue weighted by molar-refractivity contribution is 6.36. The molecule has 1 aromatic carbocycles. The van der Waals surface area contributed by atoms with Gasteiger partial charge in [0.2, 0.25) is 0 Å². The number of halogens is 5. The van der Waals surface area contributed by atoms with Crippen molar-refractivity contribution >= 4 is 34.9 Å². The molecular formula is C21H23Cl2F3N4O. The van der Waals surface area contributed by atoms with E-state index in [0.717, 1.165) is 23.9 Å². The highest BCUT2D eigenvalue weighted by Gasteiger charge is 2.48. The third kappa shape index (κ3) is 4.12. The van der Waals surface area contributed by atoms with Gasteiger partial charge in [0, 0.05) is 23.5 Å². The Morgan fingerprint density at radius 1 is 1.13 bits per heavy atom. The van der Waals surface area contributed by atoms with E-state index in [1.807, 2.05) is 13.8 Å². The summed E-state index contributed by atoms with van der Waals surface area (Å²) in [6, 6.07) is 4.00. The number of hydrogen-bond donors (Lipinski definition) is 1. The number of piperidine rings is 1. The number of alkyl halides is 3. The standard InChI is InChI=1S/C21H23Cl2F3N4O/c1-11-4-3-5-12(2)29(11)20(31)18-17(23)19-27-15(13-6-8-14(22)9-7-13)10-16(21(24,25)26)30(19)28-18/h6-9,11-12,15-16,27H,3-5,10H2,1-2H3/t11-,12-,15-,16+/m1/s1. The summed E-state index contributed by atoms with van der Waals surface area (Å²) in [7, 11) is 0. The molecule has 2 aliphatic heterocycles. The van der Waals surface area contributed by atoms with E-state index >= 15 is 0 Å². The van der Waals surface area contributed by atoms with Crippen LogP contribution in [0.3, 0.4) is 0 Å². The number of benzene rings is 1. The zero-order valence-electron chi connectivity index (χ0n) is 17.1. The van der Waals surface area contributed by atoms with E-state index in [4.69, 9.17) is 23.2 Å². The van der Waals surface area contributed by atoms with E-state index in [1.165, 1.54) is 0 Å². The van der Waals surface area contributed by atoms with Crippen molar-refractivity contribution in [3.63, 3.8) is 0 Å². The highest BCUT2D eigenvalue weighted by atomic mass is 35.5. The van der Waals surface area contributed by atoms with Crippen LogP contribution in [0.1, 0.15) is 67.7 Å². The average Bonchev–Trinajstić information content (AvgIpc) is 3.03. The Labute approximate surface area is 188 Å². The van der Waals surface area contributed by atoms with Crippen LogP contribution >= 0.6 is 23.2 Å². The number of amides is 1. The first-order chi connectivity index (χ1) is 14.6. The molecule has 0 aliphatic carbocycles. The zero-order chi connectivity index (χ0) is 22.5. The van der Waals surface area contributed by atoms with Crippen molar-refractivity contribution in [2.24, 2.45) is 0 Å². The third-order valence-corrected chi connectivity index (χ3v) is 6.81. The van der Waals surface area contributed by atoms with Crippen LogP contribution in [0, 0.1) is 0 Å². The first-order valence-corrected chi connectivity index (χ1v) is 11.0. The molecule has 0 spiro atoms. The molecule has 1 aromatic heterocycles. The third-order valence-electron chi connectivity index (χ3n) is 6.20. The molecule has 1 saturated heterocycles. The first kappa shape index (κ1) is 22.3.